The molecule has 0 unspecified atom stereocenters. The molecule has 4 nitrogen and oxygen atoms in total. The molecule has 1 aliphatic heterocycles. The van der Waals surface area contributed by atoms with Crippen LogP contribution in [0, 0.1) is 0 Å². The normalized spacial score (nSPS) is 11.9. The van der Waals surface area contributed by atoms with Crippen molar-refractivity contribution < 1.29 is 4.74 Å². The molecule has 0 N–H and O–H groups in total. The lowest BCUT2D eigenvalue weighted by Crippen LogP contribution is -2.17. The van der Waals surface area contributed by atoms with E-state index in [2.05, 4.69) is 37.6 Å². The SMILES string of the molecule is O=c1c(Cc2cccnc2)cn2c3c(cc(OCc4ccccc4)cc13)Sc1ccc(Br)cc1-2. The van der Waals surface area contributed by atoms with Crippen LogP contribution in [0.3, 0.4) is 0 Å². The monoisotopic (exact) mass is 526 g/mol. The maximum Gasteiger partial charge on any atom is 0.193 e. The number of nitrogens with zero attached hydrogens (tertiary/aromatic N) is 2. The van der Waals surface area contributed by atoms with Crippen molar-refractivity contribution in [2.75, 3.05) is 0 Å². The number of benzene rings is 3. The molecule has 0 amide bonds. The van der Waals surface area contributed by atoms with Crippen molar-refractivity contribution in [3.63, 3.8) is 0 Å². The molecular weight excluding hydrogens is 508 g/mol. The number of hydrogen-bond donors (Lipinski definition) is 0. The van der Waals surface area contributed by atoms with Crippen molar-refractivity contribution in [1.29, 1.82) is 0 Å². The van der Waals surface area contributed by atoms with E-state index in [1.807, 2.05) is 73.1 Å². The molecule has 2 aromatic heterocycles. The van der Waals surface area contributed by atoms with Crippen LogP contribution in [0.4, 0.5) is 0 Å². The van der Waals surface area contributed by atoms with Gasteiger partial charge in [-0.05, 0) is 47.5 Å². The lowest BCUT2D eigenvalue weighted by atomic mass is 10.0. The van der Waals surface area contributed by atoms with E-state index >= 15 is 0 Å². The van der Waals surface area contributed by atoms with E-state index in [-0.39, 0.29) is 5.43 Å². The van der Waals surface area contributed by atoms with Crippen LogP contribution in [0.1, 0.15) is 16.7 Å². The molecule has 0 spiro atoms. The molecule has 34 heavy (non-hydrogen) atoms. The first-order valence-corrected chi connectivity index (χ1v) is 12.5. The Morgan fingerprint density at radius 1 is 0.941 bits per heavy atom. The van der Waals surface area contributed by atoms with Crippen molar-refractivity contribution >= 4 is 38.6 Å². The highest BCUT2D eigenvalue weighted by Crippen LogP contribution is 2.44. The van der Waals surface area contributed by atoms with E-state index < -0.39 is 0 Å². The predicted molar refractivity (Wildman–Crippen MR) is 139 cm³/mol. The fourth-order valence-electron chi connectivity index (χ4n) is 4.28. The lowest BCUT2D eigenvalue weighted by molar-refractivity contribution is 0.306. The Morgan fingerprint density at radius 3 is 2.62 bits per heavy atom. The predicted octanol–water partition coefficient (Wildman–Crippen LogP) is 6.78. The van der Waals surface area contributed by atoms with Crippen molar-refractivity contribution in [3.8, 4) is 11.4 Å². The zero-order chi connectivity index (χ0) is 23.1. The molecule has 6 rings (SSSR count). The molecule has 0 atom stereocenters. The molecule has 0 aliphatic carbocycles. The van der Waals surface area contributed by atoms with E-state index in [1.54, 1.807) is 18.0 Å². The molecule has 0 saturated carbocycles. The number of ether oxygens (including phenoxy) is 1. The van der Waals surface area contributed by atoms with Gasteiger partial charge in [0.05, 0.1) is 16.6 Å². The summed E-state index contributed by atoms with van der Waals surface area (Å²) in [5, 5.41) is 0.667. The van der Waals surface area contributed by atoms with Crippen LogP contribution >= 0.6 is 27.7 Å². The summed E-state index contributed by atoms with van der Waals surface area (Å²) in [6.07, 6.45) is 6.05. The smallest absolute Gasteiger partial charge is 0.193 e. The quantitative estimate of drug-likeness (QED) is 0.248. The molecule has 0 radical (unpaired) electrons. The summed E-state index contributed by atoms with van der Waals surface area (Å²) in [5.41, 5.74) is 4.82. The van der Waals surface area contributed by atoms with Crippen LogP contribution in [-0.2, 0) is 13.0 Å². The highest BCUT2D eigenvalue weighted by molar-refractivity contribution is 9.10. The van der Waals surface area contributed by atoms with Gasteiger partial charge in [0, 0.05) is 44.8 Å². The first-order valence-electron chi connectivity index (χ1n) is 10.9. The first-order chi connectivity index (χ1) is 16.7. The van der Waals surface area contributed by atoms with Crippen LogP contribution in [-0.4, -0.2) is 9.55 Å². The number of hydrogen-bond acceptors (Lipinski definition) is 4. The second kappa shape index (κ2) is 8.78. The third-order valence-electron chi connectivity index (χ3n) is 5.88. The molecule has 5 aromatic rings. The zero-order valence-corrected chi connectivity index (χ0v) is 20.5. The van der Waals surface area contributed by atoms with Crippen LogP contribution in [0.15, 0.2) is 110 Å². The first kappa shape index (κ1) is 21.2. The molecule has 0 saturated heterocycles. The van der Waals surface area contributed by atoms with Crippen molar-refractivity contribution in [1.82, 2.24) is 9.55 Å². The maximum absolute atomic E-state index is 13.7. The third-order valence-corrected chi connectivity index (χ3v) is 7.47. The van der Waals surface area contributed by atoms with Gasteiger partial charge < -0.3 is 9.30 Å². The van der Waals surface area contributed by atoms with Gasteiger partial charge in [0.25, 0.3) is 0 Å². The van der Waals surface area contributed by atoms with Gasteiger partial charge in [-0.3, -0.25) is 9.78 Å². The van der Waals surface area contributed by atoms with Gasteiger partial charge in [-0.1, -0.05) is 64.1 Å². The molecule has 6 heteroatoms. The van der Waals surface area contributed by atoms with E-state index in [9.17, 15) is 4.79 Å². The van der Waals surface area contributed by atoms with E-state index in [0.29, 0.717) is 24.2 Å². The minimum atomic E-state index is 0.0283. The molecule has 1 aliphatic rings. The number of pyridine rings is 2. The summed E-state index contributed by atoms with van der Waals surface area (Å²) in [5.74, 6) is 0.696. The van der Waals surface area contributed by atoms with Gasteiger partial charge in [-0.15, -0.1) is 0 Å². The summed E-state index contributed by atoms with van der Waals surface area (Å²) in [6, 6.07) is 24.1. The molecule has 3 heterocycles. The number of rotatable bonds is 5. The number of halogens is 1. The van der Waals surface area contributed by atoms with Gasteiger partial charge in [0.15, 0.2) is 5.43 Å². The fraction of sp³-hybridized carbons (Fsp3) is 0.0714. The second-order valence-electron chi connectivity index (χ2n) is 8.20. The minimum absolute atomic E-state index is 0.0283. The third kappa shape index (κ3) is 3.93. The van der Waals surface area contributed by atoms with Crippen LogP contribution < -0.4 is 10.2 Å². The summed E-state index contributed by atoms with van der Waals surface area (Å²) in [4.78, 5) is 20.0. The molecule has 166 valence electrons. The average Bonchev–Trinajstić information content (AvgIpc) is 2.87. The standard InChI is InChI=1S/C28H19BrN2O2S/c29-21-8-9-25-24(12-21)31-16-20(11-19-7-4-10-30-15-19)28(32)23-13-22(14-26(34-25)27(23)31)33-17-18-5-2-1-3-6-18/h1-10,12-16H,11,17H2. The van der Waals surface area contributed by atoms with Crippen molar-refractivity contribution in [2.45, 2.75) is 22.8 Å². The average molecular weight is 527 g/mol. The Balaban J connectivity index is 1.52. The highest BCUT2D eigenvalue weighted by Gasteiger charge is 2.23. The zero-order valence-electron chi connectivity index (χ0n) is 18.1. The van der Waals surface area contributed by atoms with Gasteiger partial charge in [0.2, 0.25) is 0 Å². The number of fused-ring (bicyclic) bond motifs is 2. The Labute approximate surface area is 209 Å². The molecule has 0 fully saturated rings. The Hall–Kier alpha value is -3.35. The Kier molecular flexibility index (Phi) is 5.47. The topological polar surface area (TPSA) is 44.1 Å². The fourth-order valence-corrected chi connectivity index (χ4v) is 5.74. The van der Waals surface area contributed by atoms with Gasteiger partial charge in [-0.25, -0.2) is 0 Å². The maximum atomic E-state index is 13.7. The molecule has 0 bridgehead atoms. The summed E-state index contributed by atoms with van der Waals surface area (Å²) in [6.45, 7) is 0.448. The van der Waals surface area contributed by atoms with Gasteiger partial charge in [0.1, 0.15) is 12.4 Å². The van der Waals surface area contributed by atoms with Crippen LogP contribution in [0.5, 0.6) is 5.75 Å². The van der Waals surface area contributed by atoms with Gasteiger partial charge >= 0.3 is 0 Å². The van der Waals surface area contributed by atoms with Crippen molar-refractivity contribution in [2.24, 2.45) is 0 Å². The Morgan fingerprint density at radius 2 is 1.79 bits per heavy atom. The summed E-state index contributed by atoms with van der Waals surface area (Å²) in [7, 11) is 0. The summed E-state index contributed by atoms with van der Waals surface area (Å²) >= 11 is 5.27. The van der Waals surface area contributed by atoms with E-state index in [1.165, 1.54) is 0 Å². The highest BCUT2D eigenvalue weighted by atomic mass is 79.9. The minimum Gasteiger partial charge on any atom is -0.489 e. The summed E-state index contributed by atoms with van der Waals surface area (Å²) < 4.78 is 9.29. The van der Waals surface area contributed by atoms with Crippen molar-refractivity contribution in [3.05, 3.63) is 123 Å². The van der Waals surface area contributed by atoms with Crippen LogP contribution in [0.2, 0.25) is 0 Å². The Bertz CT molecular complexity index is 1580. The largest absolute Gasteiger partial charge is 0.489 e. The molecular formula is C28H19BrN2O2S. The van der Waals surface area contributed by atoms with E-state index in [4.69, 9.17) is 4.74 Å². The number of aromatic nitrogens is 2. The second-order valence-corrected chi connectivity index (χ2v) is 10.2. The van der Waals surface area contributed by atoms with E-state index in [0.717, 1.165) is 42.2 Å². The van der Waals surface area contributed by atoms with Crippen LogP contribution in [0.25, 0.3) is 16.6 Å². The lowest BCUT2D eigenvalue weighted by Gasteiger charge is -2.24. The molecule has 3 aromatic carbocycles. The van der Waals surface area contributed by atoms with Gasteiger partial charge in [-0.2, -0.15) is 0 Å².